The van der Waals surface area contributed by atoms with Gasteiger partial charge in [0.05, 0.1) is 0 Å². The quantitative estimate of drug-likeness (QED) is 0.301. The van der Waals surface area contributed by atoms with Gasteiger partial charge >= 0.3 is 0 Å². The van der Waals surface area contributed by atoms with Gasteiger partial charge in [-0.1, -0.05) is 11.1 Å². The molecular weight excluding hydrogens is 206 g/mol. The first-order chi connectivity index (χ1) is 7.79. The number of oxime groups is 1. The van der Waals surface area contributed by atoms with E-state index in [9.17, 15) is 4.79 Å². The number of hydrogen-bond donors (Lipinski definition) is 0. The topological polar surface area (TPSA) is 65.7 Å². The lowest BCUT2D eigenvalue weighted by atomic mass is 10.1. The van der Waals surface area contributed by atoms with Crippen LogP contribution in [0.5, 0.6) is 0 Å². The van der Waals surface area contributed by atoms with Gasteiger partial charge in [0.25, 0.3) is 5.91 Å². The van der Waals surface area contributed by atoms with Crippen molar-refractivity contribution in [3.63, 3.8) is 0 Å². The molecule has 0 unspecified atom stereocenters. The van der Waals surface area contributed by atoms with Gasteiger partial charge in [-0.05, 0) is 19.3 Å². The maximum atomic E-state index is 11.8. The van der Waals surface area contributed by atoms with Crippen LogP contribution in [0.2, 0.25) is 0 Å². The fourth-order valence-corrected chi connectivity index (χ4v) is 1.49. The highest BCUT2D eigenvalue weighted by Gasteiger charge is 2.21. The molecule has 84 valence electrons. The van der Waals surface area contributed by atoms with Crippen LogP contribution < -0.4 is 0 Å². The summed E-state index contributed by atoms with van der Waals surface area (Å²) >= 11 is 0. The molecule has 1 heterocycles. The number of amides is 1. The number of nitrogens with zero attached hydrogens (tertiary/aromatic N) is 3. The first-order valence-electron chi connectivity index (χ1n) is 5.12. The second-order valence-corrected chi connectivity index (χ2v) is 3.38. The fraction of sp³-hybridized carbons (Fsp3) is 0.545. The molecule has 1 aliphatic rings. The van der Waals surface area contributed by atoms with Gasteiger partial charge in [-0.15, -0.1) is 6.42 Å². The predicted octanol–water partition coefficient (Wildman–Crippen LogP) is 0.528. The Morgan fingerprint density at radius 2 is 2.12 bits per heavy atom. The average Bonchev–Trinajstić information content (AvgIpc) is 2.35. The summed E-state index contributed by atoms with van der Waals surface area (Å²) in [5.74, 6) is 1.83. The number of hydrogen-bond acceptors (Lipinski definition) is 4. The molecule has 0 atom stereocenters. The second-order valence-electron chi connectivity index (χ2n) is 3.38. The van der Waals surface area contributed by atoms with Crippen molar-refractivity contribution in [1.29, 1.82) is 5.26 Å². The molecule has 0 saturated carbocycles. The summed E-state index contributed by atoms with van der Waals surface area (Å²) in [4.78, 5) is 18.0. The number of carbonyl (C=O) groups excluding carboxylic acids is 1. The van der Waals surface area contributed by atoms with Crippen molar-refractivity contribution >= 4 is 11.6 Å². The van der Waals surface area contributed by atoms with Crippen molar-refractivity contribution in [3.8, 4) is 18.4 Å². The molecule has 5 nitrogen and oxygen atoms in total. The highest BCUT2D eigenvalue weighted by Crippen LogP contribution is 2.09. The third-order valence-corrected chi connectivity index (χ3v) is 2.26. The summed E-state index contributed by atoms with van der Waals surface area (Å²) < 4.78 is 0. The third-order valence-electron chi connectivity index (χ3n) is 2.26. The average molecular weight is 219 g/mol. The smallest absolute Gasteiger partial charge is 0.286 e. The summed E-state index contributed by atoms with van der Waals surface area (Å²) in [6.07, 6.45) is 8.01. The summed E-state index contributed by atoms with van der Waals surface area (Å²) in [5, 5.41) is 12.2. The molecule has 0 spiro atoms. The number of terminal acetylenes is 1. The van der Waals surface area contributed by atoms with Gasteiger partial charge in [0.1, 0.15) is 6.07 Å². The third kappa shape index (κ3) is 3.29. The van der Waals surface area contributed by atoms with Gasteiger partial charge in [-0.25, -0.2) is 0 Å². The zero-order valence-corrected chi connectivity index (χ0v) is 8.98. The molecule has 0 aromatic rings. The van der Waals surface area contributed by atoms with Crippen molar-refractivity contribution in [1.82, 2.24) is 4.90 Å². The molecule has 0 aromatic carbocycles. The molecule has 1 amide bonds. The summed E-state index contributed by atoms with van der Waals surface area (Å²) in [6.45, 7) is 1.31. The SMILES string of the molecule is C#CCON=C(C#N)C(=O)N1CCCCC1. The Kier molecular flexibility index (Phi) is 4.88. The number of carbonyl (C=O) groups is 1. The second kappa shape index (κ2) is 6.47. The van der Waals surface area contributed by atoms with Crippen LogP contribution in [0.15, 0.2) is 5.16 Å². The molecule has 5 heteroatoms. The highest BCUT2D eigenvalue weighted by atomic mass is 16.6. The van der Waals surface area contributed by atoms with Gasteiger partial charge < -0.3 is 9.74 Å². The van der Waals surface area contributed by atoms with Gasteiger partial charge in [-0.2, -0.15) is 5.26 Å². The Balaban J connectivity index is 2.59. The molecule has 0 N–H and O–H groups in total. The summed E-state index contributed by atoms with van der Waals surface area (Å²) in [5.41, 5.74) is -0.239. The van der Waals surface area contributed by atoms with Crippen molar-refractivity contribution in [3.05, 3.63) is 0 Å². The molecule has 0 bridgehead atoms. The number of nitriles is 1. The van der Waals surface area contributed by atoms with Crippen molar-refractivity contribution in [2.45, 2.75) is 19.3 Å². The van der Waals surface area contributed by atoms with E-state index in [2.05, 4.69) is 15.9 Å². The van der Waals surface area contributed by atoms with E-state index in [1.807, 2.05) is 0 Å². The Morgan fingerprint density at radius 3 is 2.69 bits per heavy atom. The maximum absolute atomic E-state index is 11.8. The Labute approximate surface area is 94.7 Å². The minimum atomic E-state index is -0.376. The van der Waals surface area contributed by atoms with Crippen molar-refractivity contribution in [2.75, 3.05) is 19.7 Å². The summed E-state index contributed by atoms with van der Waals surface area (Å²) in [7, 11) is 0. The van der Waals surface area contributed by atoms with E-state index >= 15 is 0 Å². The molecule has 0 aliphatic carbocycles. The van der Waals surface area contributed by atoms with Crippen LogP contribution in [-0.4, -0.2) is 36.2 Å². The Morgan fingerprint density at radius 1 is 1.44 bits per heavy atom. The molecule has 0 radical (unpaired) electrons. The molecule has 16 heavy (non-hydrogen) atoms. The van der Waals surface area contributed by atoms with E-state index in [0.29, 0.717) is 13.1 Å². The van der Waals surface area contributed by atoms with E-state index in [1.165, 1.54) is 0 Å². The van der Waals surface area contributed by atoms with E-state index in [0.717, 1.165) is 19.3 Å². The molecule has 1 rings (SSSR count). The molecule has 0 aromatic heterocycles. The first kappa shape index (κ1) is 12.1. The molecule has 1 fully saturated rings. The largest absolute Gasteiger partial charge is 0.381 e. The lowest BCUT2D eigenvalue weighted by Gasteiger charge is -2.25. The Hall–Kier alpha value is -2.01. The number of rotatable bonds is 3. The number of likely N-dealkylation sites (tertiary alicyclic amines) is 1. The monoisotopic (exact) mass is 219 g/mol. The van der Waals surface area contributed by atoms with Crippen LogP contribution in [0.25, 0.3) is 0 Å². The minimum Gasteiger partial charge on any atom is -0.381 e. The molecular formula is C11H13N3O2. The fourth-order valence-electron chi connectivity index (χ4n) is 1.49. The zero-order chi connectivity index (χ0) is 11.8. The lowest BCUT2D eigenvalue weighted by molar-refractivity contribution is -0.124. The van der Waals surface area contributed by atoms with Crippen LogP contribution in [-0.2, 0) is 9.63 Å². The predicted molar refractivity (Wildman–Crippen MR) is 58.3 cm³/mol. The van der Waals surface area contributed by atoms with Crippen molar-refractivity contribution in [2.24, 2.45) is 5.16 Å². The van der Waals surface area contributed by atoms with Gasteiger partial charge in [0, 0.05) is 13.1 Å². The lowest BCUT2D eigenvalue weighted by Crippen LogP contribution is -2.39. The van der Waals surface area contributed by atoms with Crippen LogP contribution in [0.3, 0.4) is 0 Å². The van der Waals surface area contributed by atoms with Crippen LogP contribution in [0.4, 0.5) is 0 Å². The van der Waals surface area contributed by atoms with Crippen LogP contribution in [0.1, 0.15) is 19.3 Å². The Bertz CT molecular complexity index is 356. The molecule has 1 aliphatic heterocycles. The van der Waals surface area contributed by atoms with Crippen LogP contribution in [0, 0.1) is 23.7 Å². The van der Waals surface area contributed by atoms with Gasteiger partial charge in [0.2, 0.25) is 5.71 Å². The van der Waals surface area contributed by atoms with Crippen molar-refractivity contribution < 1.29 is 9.63 Å². The van der Waals surface area contributed by atoms with Crippen LogP contribution >= 0.6 is 0 Å². The standard InChI is InChI=1S/C11H13N3O2/c1-2-8-16-13-10(9-12)11(15)14-6-4-3-5-7-14/h1H,3-8H2. The highest BCUT2D eigenvalue weighted by molar-refractivity contribution is 6.44. The first-order valence-corrected chi connectivity index (χ1v) is 5.12. The maximum Gasteiger partial charge on any atom is 0.286 e. The number of piperidine rings is 1. The zero-order valence-electron chi connectivity index (χ0n) is 8.98. The van der Waals surface area contributed by atoms with Gasteiger partial charge in [-0.3, -0.25) is 4.79 Å². The van der Waals surface area contributed by atoms with E-state index < -0.39 is 0 Å². The van der Waals surface area contributed by atoms with E-state index in [4.69, 9.17) is 11.7 Å². The van der Waals surface area contributed by atoms with E-state index in [1.54, 1.807) is 11.0 Å². The normalized spacial score (nSPS) is 16.1. The summed E-state index contributed by atoms with van der Waals surface area (Å²) in [6, 6.07) is 1.72. The molecule has 1 saturated heterocycles. The van der Waals surface area contributed by atoms with E-state index in [-0.39, 0.29) is 18.2 Å². The van der Waals surface area contributed by atoms with Gasteiger partial charge in [0.15, 0.2) is 6.61 Å². The minimum absolute atomic E-state index is 0.0432.